The van der Waals surface area contributed by atoms with Gasteiger partial charge in [-0.1, -0.05) is 0 Å². The molecule has 152 valence electrons. The van der Waals surface area contributed by atoms with E-state index < -0.39 is 15.9 Å². The molecule has 2 N–H and O–H groups in total. The largest absolute Gasteiger partial charge is 0.321 e. The number of anilines is 1. The fraction of sp³-hybridized carbons (Fsp3) is 0.316. The molecule has 0 radical (unpaired) electrons. The zero-order valence-corrected chi connectivity index (χ0v) is 18.3. The Labute approximate surface area is 176 Å². The zero-order valence-electron chi connectivity index (χ0n) is 15.9. The number of halogens is 1. The first-order chi connectivity index (χ1) is 13.7. The molecular weight excluding hydrogens is 458 g/mol. The topological polar surface area (TPSA) is 106 Å². The minimum Gasteiger partial charge on any atom is -0.321 e. The van der Waals surface area contributed by atoms with Crippen molar-refractivity contribution in [1.29, 1.82) is 0 Å². The maximum atomic E-state index is 12.8. The Morgan fingerprint density at radius 3 is 2.69 bits per heavy atom. The number of amides is 1. The highest BCUT2D eigenvalue weighted by Gasteiger charge is 2.28. The minimum absolute atomic E-state index is 0.00881. The summed E-state index contributed by atoms with van der Waals surface area (Å²) in [4.78, 5) is 17.2. The van der Waals surface area contributed by atoms with E-state index in [9.17, 15) is 13.2 Å². The third-order valence-electron chi connectivity index (χ3n) is 4.57. The van der Waals surface area contributed by atoms with Gasteiger partial charge in [-0.25, -0.2) is 22.8 Å². The standard InChI is InChI=1S/C19H20BrN5O3S/c1-11(2)25-18-12(9-22-25)7-14(10-21-18)23-19(26)16-8-15(5-6-17(16)20)29(27,28)24-13-3-4-13/h5-11,13,24H,3-4H2,1-2H3,(H,23,26). The molecule has 3 aromatic rings. The molecule has 0 spiro atoms. The third kappa shape index (κ3) is 4.19. The Morgan fingerprint density at radius 1 is 1.24 bits per heavy atom. The van der Waals surface area contributed by atoms with Crippen molar-refractivity contribution in [1.82, 2.24) is 19.5 Å². The summed E-state index contributed by atoms with van der Waals surface area (Å²) in [6.45, 7) is 4.03. The van der Waals surface area contributed by atoms with Gasteiger partial charge < -0.3 is 5.32 Å². The fourth-order valence-electron chi connectivity index (χ4n) is 2.92. The van der Waals surface area contributed by atoms with Gasteiger partial charge in [0, 0.05) is 21.9 Å². The maximum absolute atomic E-state index is 12.8. The molecule has 2 aromatic heterocycles. The Kier molecular flexibility index (Phi) is 5.18. The van der Waals surface area contributed by atoms with Crippen molar-refractivity contribution < 1.29 is 13.2 Å². The number of hydrogen-bond donors (Lipinski definition) is 2. The van der Waals surface area contributed by atoms with Gasteiger partial charge in [0.15, 0.2) is 5.65 Å². The number of nitrogens with zero attached hydrogens (tertiary/aromatic N) is 3. The third-order valence-corrected chi connectivity index (χ3v) is 6.78. The first kappa shape index (κ1) is 20.0. The quantitative estimate of drug-likeness (QED) is 0.565. The fourth-order valence-corrected chi connectivity index (χ4v) is 4.68. The number of carbonyl (C=O) groups is 1. The second-order valence-electron chi connectivity index (χ2n) is 7.31. The molecule has 0 saturated heterocycles. The summed E-state index contributed by atoms with van der Waals surface area (Å²) in [5.74, 6) is -0.433. The van der Waals surface area contributed by atoms with Crippen LogP contribution < -0.4 is 10.0 Å². The number of sulfonamides is 1. The lowest BCUT2D eigenvalue weighted by molar-refractivity contribution is 0.102. The minimum atomic E-state index is -3.65. The van der Waals surface area contributed by atoms with Gasteiger partial charge in [-0.2, -0.15) is 5.10 Å². The molecule has 0 unspecified atom stereocenters. The van der Waals surface area contributed by atoms with Crippen LogP contribution in [0.1, 0.15) is 43.1 Å². The van der Waals surface area contributed by atoms with Crippen molar-refractivity contribution in [2.24, 2.45) is 0 Å². The van der Waals surface area contributed by atoms with Crippen molar-refractivity contribution in [3.63, 3.8) is 0 Å². The van der Waals surface area contributed by atoms with Gasteiger partial charge >= 0.3 is 0 Å². The van der Waals surface area contributed by atoms with E-state index in [1.165, 1.54) is 12.1 Å². The van der Waals surface area contributed by atoms with E-state index in [0.717, 1.165) is 23.9 Å². The number of benzene rings is 1. The second-order valence-corrected chi connectivity index (χ2v) is 9.88. The van der Waals surface area contributed by atoms with E-state index in [1.807, 2.05) is 13.8 Å². The van der Waals surface area contributed by atoms with Gasteiger partial charge in [0.2, 0.25) is 10.0 Å². The highest BCUT2D eigenvalue weighted by atomic mass is 79.9. The molecule has 1 saturated carbocycles. The van der Waals surface area contributed by atoms with E-state index in [2.05, 4.69) is 36.1 Å². The number of rotatable bonds is 6. The molecule has 2 heterocycles. The van der Waals surface area contributed by atoms with Crippen molar-refractivity contribution in [2.45, 2.75) is 43.7 Å². The molecule has 0 aliphatic heterocycles. The number of pyridine rings is 1. The number of aromatic nitrogens is 3. The summed E-state index contributed by atoms with van der Waals surface area (Å²) < 4.78 is 29.8. The molecule has 10 heteroatoms. The van der Waals surface area contributed by atoms with Gasteiger partial charge in [-0.3, -0.25) is 4.79 Å². The monoisotopic (exact) mass is 477 g/mol. The van der Waals surface area contributed by atoms with E-state index in [0.29, 0.717) is 10.2 Å². The van der Waals surface area contributed by atoms with E-state index in [1.54, 1.807) is 29.2 Å². The lowest BCUT2D eigenvalue weighted by atomic mass is 10.2. The Hall–Kier alpha value is -2.30. The van der Waals surface area contributed by atoms with E-state index >= 15 is 0 Å². The first-order valence-corrected chi connectivity index (χ1v) is 11.5. The van der Waals surface area contributed by atoms with Crippen LogP contribution in [0.15, 0.2) is 46.0 Å². The summed E-state index contributed by atoms with van der Waals surface area (Å²) in [5, 5.41) is 7.90. The van der Waals surface area contributed by atoms with Crippen LogP contribution in [-0.4, -0.2) is 35.1 Å². The number of fused-ring (bicyclic) bond motifs is 1. The van der Waals surface area contributed by atoms with Crippen LogP contribution in [0.3, 0.4) is 0 Å². The average molecular weight is 478 g/mol. The summed E-state index contributed by atoms with van der Waals surface area (Å²) in [6.07, 6.45) is 4.94. The van der Waals surface area contributed by atoms with Gasteiger partial charge in [-0.05, 0) is 66.9 Å². The van der Waals surface area contributed by atoms with Crippen molar-refractivity contribution in [3.8, 4) is 0 Å². The Bertz CT molecular complexity index is 1200. The number of nitrogens with one attached hydrogen (secondary N) is 2. The van der Waals surface area contributed by atoms with Crippen LogP contribution in [0.4, 0.5) is 5.69 Å². The van der Waals surface area contributed by atoms with E-state index in [4.69, 9.17) is 0 Å². The Balaban J connectivity index is 1.59. The molecule has 29 heavy (non-hydrogen) atoms. The molecule has 4 rings (SSSR count). The first-order valence-electron chi connectivity index (χ1n) is 9.21. The molecule has 1 amide bonds. The normalized spacial score (nSPS) is 14.5. The molecule has 0 atom stereocenters. The Morgan fingerprint density at radius 2 is 2.00 bits per heavy atom. The summed E-state index contributed by atoms with van der Waals surface area (Å²) in [7, 11) is -3.65. The van der Waals surface area contributed by atoms with Crippen LogP contribution in [0, 0.1) is 0 Å². The molecule has 1 aromatic carbocycles. The van der Waals surface area contributed by atoms with Gasteiger partial charge in [0.25, 0.3) is 5.91 Å². The molecular formula is C19H20BrN5O3S. The van der Waals surface area contributed by atoms with Crippen LogP contribution >= 0.6 is 15.9 Å². The molecule has 1 fully saturated rings. The molecule has 0 bridgehead atoms. The average Bonchev–Trinajstić information content (AvgIpc) is 3.35. The molecule has 1 aliphatic rings. The van der Waals surface area contributed by atoms with Crippen LogP contribution in [0.2, 0.25) is 0 Å². The number of hydrogen-bond acceptors (Lipinski definition) is 5. The summed E-state index contributed by atoms with van der Waals surface area (Å²) >= 11 is 3.33. The number of carbonyl (C=O) groups excluding carboxylic acids is 1. The second kappa shape index (κ2) is 7.51. The van der Waals surface area contributed by atoms with Crippen LogP contribution in [0.25, 0.3) is 11.0 Å². The predicted octanol–water partition coefficient (Wildman–Crippen LogP) is 3.47. The van der Waals surface area contributed by atoms with Crippen molar-refractivity contribution >= 4 is 48.6 Å². The van der Waals surface area contributed by atoms with Crippen molar-refractivity contribution in [2.75, 3.05) is 5.32 Å². The lowest BCUT2D eigenvalue weighted by Gasteiger charge is -2.11. The highest BCUT2D eigenvalue weighted by molar-refractivity contribution is 9.10. The molecule has 8 nitrogen and oxygen atoms in total. The summed E-state index contributed by atoms with van der Waals surface area (Å²) in [6, 6.07) is 6.35. The maximum Gasteiger partial charge on any atom is 0.256 e. The van der Waals surface area contributed by atoms with Gasteiger partial charge in [-0.15, -0.1) is 0 Å². The lowest BCUT2D eigenvalue weighted by Crippen LogP contribution is -2.26. The highest BCUT2D eigenvalue weighted by Crippen LogP contribution is 2.26. The summed E-state index contributed by atoms with van der Waals surface area (Å²) in [5.41, 5.74) is 1.46. The van der Waals surface area contributed by atoms with Gasteiger partial charge in [0.1, 0.15) is 0 Å². The SMILES string of the molecule is CC(C)n1ncc2cc(NC(=O)c3cc(S(=O)(=O)NC4CC4)ccc3Br)cnc21. The van der Waals surface area contributed by atoms with Crippen molar-refractivity contribution in [3.05, 3.63) is 46.7 Å². The smallest absolute Gasteiger partial charge is 0.256 e. The van der Waals surface area contributed by atoms with Crippen LogP contribution in [0.5, 0.6) is 0 Å². The molecule has 1 aliphatic carbocycles. The van der Waals surface area contributed by atoms with Gasteiger partial charge in [0.05, 0.1) is 28.5 Å². The predicted molar refractivity (Wildman–Crippen MR) is 113 cm³/mol. The van der Waals surface area contributed by atoms with Crippen LogP contribution in [-0.2, 0) is 10.0 Å². The van der Waals surface area contributed by atoms with E-state index in [-0.39, 0.29) is 22.5 Å². The zero-order chi connectivity index (χ0) is 20.8.